The summed E-state index contributed by atoms with van der Waals surface area (Å²) in [5.74, 6) is 9.10. The Morgan fingerprint density at radius 1 is 0.457 bits per heavy atom. The second-order valence-corrected chi connectivity index (χ2v) is 17.9. The molecule has 4 aromatic rings. The zero-order valence-electron chi connectivity index (χ0n) is 42.9. The van der Waals surface area contributed by atoms with Gasteiger partial charge >= 0.3 is 11.9 Å². The Hall–Kier alpha value is -6.70. The van der Waals surface area contributed by atoms with Crippen LogP contribution in [0.15, 0.2) is 48.5 Å². The molecule has 2 heterocycles. The van der Waals surface area contributed by atoms with Gasteiger partial charge in [0.1, 0.15) is 12.1 Å². The summed E-state index contributed by atoms with van der Waals surface area (Å²) in [4.78, 5) is 25.6. The lowest BCUT2D eigenvalue weighted by atomic mass is 9.86. The van der Waals surface area contributed by atoms with Gasteiger partial charge in [0.15, 0.2) is 46.0 Å². The first-order chi connectivity index (χ1) is 33.7. The zero-order valence-corrected chi connectivity index (χ0v) is 42.9. The number of fused-ring (bicyclic) bond motifs is 2. The maximum Gasteiger partial charge on any atom is 0.384 e. The normalized spacial score (nSPS) is 18.9. The third-order valence-corrected chi connectivity index (χ3v) is 14.0. The van der Waals surface area contributed by atoms with Crippen molar-refractivity contribution in [1.82, 2.24) is 0 Å². The zero-order chi connectivity index (χ0) is 50.6. The van der Waals surface area contributed by atoms with E-state index in [0.717, 1.165) is 48.2 Å². The fraction of sp³-hybridized carbons (Fsp3) is 0.481. The first-order valence-corrected chi connectivity index (χ1v) is 23.4. The second-order valence-electron chi connectivity index (χ2n) is 17.9. The summed E-state index contributed by atoms with van der Waals surface area (Å²) in [6.07, 6.45) is 4.05. The molecule has 0 unspecified atom stereocenters. The number of carbonyl (C=O) groups is 2. The van der Waals surface area contributed by atoms with Crippen molar-refractivity contribution in [3.63, 3.8) is 0 Å². The topological polar surface area (TPSA) is 145 Å². The van der Waals surface area contributed by atoms with Crippen molar-refractivity contribution in [2.75, 3.05) is 125 Å². The predicted molar refractivity (Wildman–Crippen MR) is 262 cm³/mol. The summed E-state index contributed by atoms with van der Waals surface area (Å²) in [5, 5.41) is 0. The lowest BCUT2D eigenvalue weighted by Gasteiger charge is -2.46. The molecular formula is C54H70N2O14+2. The lowest BCUT2D eigenvalue weighted by molar-refractivity contribution is -0.941. The van der Waals surface area contributed by atoms with Crippen LogP contribution >= 0.6 is 0 Å². The van der Waals surface area contributed by atoms with Crippen LogP contribution in [0.1, 0.15) is 58.3 Å². The monoisotopic (exact) mass is 970 g/mol. The van der Waals surface area contributed by atoms with Gasteiger partial charge in [-0.05, 0) is 70.8 Å². The number of benzene rings is 4. The van der Waals surface area contributed by atoms with E-state index in [1.807, 2.05) is 24.3 Å². The molecule has 0 N–H and O–H groups in total. The molecule has 4 aromatic carbocycles. The molecular weight excluding hydrogens is 901 g/mol. The predicted octanol–water partition coefficient (Wildman–Crippen LogP) is 6.92. The van der Waals surface area contributed by atoms with Crippen LogP contribution < -0.4 is 47.4 Å². The van der Waals surface area contributed by atoms with Crippen molar-refractivity contribution in [3.05, 3.63) is 81.9 Å². The van der Waals surface area contributed by atoms with Crippen LogP contribution in [0.3, 0.4) is 0 Å². The van der Waals surface area contributed by atoms with Crippen LogP contribution in [0.5, 0.6) is 57.5 Å². The molecule has 2 aliphatic heterocycles. The van der Waals surface area contributed by atoms with E-state index in [4.69, 9.17) is 56.8 Å². The Morgan fingerprint density at radius 2 is 0.771 bits per heavy atom. The smallest absolute Gasteiger partial charge is 0.384 e. The minimum absolute atomic E-state index is 0.00728. The van der Waals surface area contributed by atoms with Crippen LogP contribution in [0, 0.1) is 11.8 Å². The van der Waals surface area contributed by atoms with E-state index in [9.17, 15) is 9.59 Å². The average molecular weight is 971 g/mol. The number of ether oxygens (including phenoxy) is 12. The molecule has 4 atom stereocenters. The summed E-state index contributed by atoms with van der Waals surface area (Å²) >= 11 is 0. The van der Waals surface area contributed by atoms with Crippen LogP contribution in [-0.2, 0) is 44.7 Å². The second kappa shape index (κ2) is 23.7. The highest BCUT2D eigenvalue weighted by Crippen LogP contribution is 2.47. The molecule has 0 aromatic heterocycles. The molecule has 0 fully saturated rings. The molecule has 16 nitrogen and oxygen atoms in total. The van der Waals surface area contributed by atoms with Crippen molar-refractivity contribution >= 4 is 11.9 Å². The maximum atomic E-state index is 12.8. The van der Waals surface area contributed by atoms with Gasteiger partial charge in [0.05, 0.1) is 125 Å². The van der Waals surface area contributed by atoms with Crippen LogP contribution in [0.2, 0.25) is 0 Å². The lowest BCUT2D eigenvalue weighted by Crippen LogP contribution is -2.52. The number of esters is 2. The maximum absolute atomic E-state index is 12.8. The fourth-order valence-corrected chi connectivity index (χ4v) is 10.2. The van der Waals surface area contributed by atoms with Gasteiger partial charge in [0, 0.05) is 61.5 Å². The molecule has 70 heavy (non-hydrogen) atoms. The molecule has 0 aliphatic carbocycles. The van der Waals surface area contributed by atoms with Crippen molar-refractivity contribution in [3.8, 4) is 69.3 Å². The van der Waals surface area contributed by atoms with Crippen LogP contribution in [-0.4, -0.2) is 145 Å². The molecule has 2 aliphatic rings. The van der Waals surface area contributed by atoms with Gasteiger partial charge in [0.25, 0.3) is 0 Å². The molecule has 0 radical (unpaired) electrons. The fourth-order valence-electron chi connectivity index (χ4n) is 10.2. The highest BCUT2D eigenvalue weighted by molar-refractivity contribution is 5.98. The van der Waals surface area contributed by atoms with E-state index in [-0.39, 0.29) is 25.3 Å². The number of methoxy groups -OCH3 is 10. The van der Waals surface area contributed by atoms with Gasteiger partial charge < -0.3 is 65.8 Å². The number of likely N-dealkylation sites (N-methyl/N-ethyl adjacent to an activating group) is 2. The van der Waals surface area contributed by atoms with Crippen LogP contribution in [0.25, 0.3) is 0 Å². The Bertz CT molecular complexity index is 2330. The standard InChI is InChI=1S/C54H70N2O14/c1-55(21-17-37-31-43(59-3)45(61-5)33-39(37)41(55)25-35-27-47(63-7)53(67-11)48(28-35)64-8)19-13-23-69-51(57)15-16-52(58)70-24-14-20-56(2)22-18-38-32-44(60-4)46(62-6)34-40(38)42(56)26-36-29-49(65-9)54(68-12)50(30-36)66-10/h27-34,41-42H,13-14,17-26H2,1-12H3/q+2/t41-,42-,55-,56-/m1/s1. The number of hydrogen-bond acceptors (Lipinski definition) is 14. The largest absolute Gasteiger partial charge is 0.493 e. The van der Waals surface area contributed by atoms with Gasteiger partial charge in [-0.3, -0.25) is 0 Å². The molecule has 0 spiro atoms. The van der Waals surface area contributed by atoms with Crippen molar-refractivity contribution in [1.29, 1.82) is 0 Å². The number of nitrogens with zero attached hydrogens (tertiary/aromatic N) is 2. The van der Waals surface area contributed by atoms with Crippen LogP contribution in [0.4, 0.5) is 0 Å². The number of carbonyl (C=O) groups excluding carboxylic acids is 2. The first kappa shape index (κ1) is 52.7. The number of quaternary nitrogens is 2. The third kappa shape index (κ3) is 11.7. The van der Waals surface area contributed by atoms with E-state index in [0.29, 0.717) is 105 Å². The highest BCUT2D eigenvalue weighted by atomic mass is 16.6. The first-order valence-electron chi connectivity index (χ1n) is 23.4. The minimum atomic E-state index is -0.791. The molecule has 378 valence electrons. The summed E-state index contributed by atoms with van der Waals surface area (Å²) in [5.41, 5.74) is 6.68. The van der Waals surface area contributed by atoms with Gasteiger partial charge in [-0.15, -0.1) is 0 Å². The van der Waals surface area contributed by atoms with Gasteiger partial charge in [-0.1, -0.05) is 0 Å². The van der Waals surface area contributed by atoms with Gasteiger partial charge in [-0.25, -0.2) is 9.59 Å². The number of rotatable bonds is 22. The Kier molecular flexibility index (Phi) is 17.9. The van der Waals surface area contributed by atoms with E-state index in [2.05, 4.69) is 50.2 Å². The number of hydrogen-bond donors (Lipinski definition) is 0. The summed E-state index contributed by atoms with van der Waals surface area (Å²) in [6, 6.07) is 16.2. The summed E-state index contributed by atoms with van der Waals surface area (Å²) in [7, 11) is 20.6. The van der Waals surface area contributed by atoms with Crippen molar-refractivity contribution < 1.29 is 75.4 Å². The highest BCUT2D eigenvalue weighted by Gasteiger charge is 2.42. The minimum Gasteiger partial charge on any atom is -0.493 e. The quantitative estimate of drug-likeness (QED) is 0.0264. The molecule has 0 saturated carbocycles. The van der Waals surface area contributed by atoms with Crippen molar-refractivity contribution in [2.24, 2.45) is 0 Å². The average Bonchev–Trinajstić information content (AvgIpc) is 3.38. The Labute approximate surface area is 412 Å². The molecule has 0 bridgehead atoms. The SMILES string of the molecule is COc1cc2c(cc1OC)[C@@H](Cc1cc(OC)c(OC)c(OC)c1)[N@+](C)(CCCOC(=O)C#CC(=O)OCCC[N@+]1(C)CCc3cc(OC)c(OC)cc3[C@H]1Cc1cc(OC)c(OC)c(OC)c1)CC2. The van der Waals surface area contributed by atoms with E-state index >= 15 is 0 Å². The third-order valence-electron chi connectivity index (χ3n) is 14.0. The van der Waals surface area contributed by atoms with E-state index in [1.165, 1.54) is 11.1 Å². The van der Waals surface area contributed by atoms with Crippen molar-refractivity contribution in [2.45, 2.75) is 50.6 Å². The molecule has 0 saturated heterocycles. The van der Waals surface area contributed by atoms with E-state index in [1.54, 1.807) is 71.1 Å². The summed E-state index contributed by atoms with van der Waals surface area (Å²) < 4.78 is 69.1. The Morgan fingerprint density at radius 3 is 1.07 bits per heavy atom. The molecule has 16 heteroatoms. The Balaban J connectivity index is 1.08. The van der Waals surface area contributed by atoms with Gasteiger partial charge in [-0.2, -0.15) is 0 Å². The van der Waals surface area contributed by atoms with Gasteiger partial charge in [0.2, 0.25) is 11.5 Å². The molecule has 6 rings (SSSR count). The summed E-state index contributed by atoms with van der Waals surface area (Å²) in [6.45, 7) is 3.31. The molecule has 0 amide bonds. The van der Waals surface area contributed by atoms with E-state index < -0.39 is 11.9 Å².